The maximum absolute atomic E-state index is 14.0. The molecule has 2 rings (SSSR count). The minimum atomic E-state index is -4.82. The number of rotatable bonds is 5. The minimum absolute atomic E-state index is 0.182. The summed E-state index contributed by atoms with van der Waals surface area (Å²) in [6.45, 7) is 0. The van der Waals surface area contributed by atoms with Crippen LogP contribution < -0.4 is 4.74 Å². The van der Waals surface area contributed by atoms with E-state index >= 15 is 0 Å². The van der Waals surface area contributed by atoms with E-state index in [1.165, 1.54) is 0 Å². The number of nitro groups is 1. The van der Waals surface area contributed by atoms with E-state index in [2.05, 4.69) is 0 Å². The Morgan fingerprint density at radius 2 is 1.89 bits per heavy atom. The van der Waals surface area contributed by atoms with Crippen LogP contribution in [0.5, 0.6) is 5.75 Å². The SMILES string of the molecule is COc1c(-c2ccc(C(F)(F)F)cc2[N+](=O)[O-])cc(Cl)cc1[C@@H](F)C(=O)O. The van der Waals surface area contributed by atoms with Crippen molar-refractivity contribution in [2.24, 2.45) is 0 Å². The zero-order valence-electron chi connectivity index (χ0n) is 13.4. The van der Waals surface area contributed by atoms with Crippen LogP contribution in [0.15, 0.2) is 30.3 Å². The first-order valence-corrected chi connectivity index (χ1v) is 7.45. The fraction of sp³-hybridized carbons (Fsp3) is 0.188. The molecule has 0 heterocycles. The van der Waals surface area contributed by atoms with Gasteiger partial charge in [0.05, 0.1) is 23.2 Å². The first-order valence-electron chi connectivity index (χ1n) is 7.07. The van der Waals surface area contributed by atoms with E-state index in [0.29, 0.717) is 12.1 Å². The highest BCUT2D eigenvalue weighted by Crippen LogP contribution is 2.44. The van der Waals surface area contributed by atoms with Crippen molar-refractivity contribution < 1.29 is 37.1 Å². The average molecular weight is 408 g/mol. The number of hydrogen-bond acceptors (Lipinski definition) is 4. The molecule has 2 aromatic carbocycles. The highest BCUT2D eigenvalue weighted by atomic mass is 35.5. The third kappa shape index (κ3) is 4.11. The second-order valence-electron chi connectivity index (χ2n) is 5.26. The number of nitrogens with zero attached hydrogens (tertiary/aromatic N) is 1. The minimum Gasteiger partial charge on any atom is -0.496 e. The molecule has 0 aromatic heterocycles. The lowest BCUT2D eigenvalue weighted by Gasteiger charge is -2.16. The lowest BCUT2D eigenvalue weighted by atomic mass is 9.96. The number of methoxy groups -OCH3 is 1. The quantitative estimate of drug-likeness (QED) is 0.426. The van der Waals surface area contributed by atoms with Crippen LogP contribution in [0.4, 0.5) is 23.2 Å². The van der Waals surface area contributed by atoms with Crippen LogP contribution in [0.3, 0.4) is 0 Å². The van der Waals surface area contributed by atoms with Crippen molar-refractivity contribution in [3.8, 4) is 16.9 Å². The molecule has 0 aliphatic carbocycles. The van der Waals surface area contributed by atoms with Crippen LogP contribution >= 0.6 is 11.6 Å². The first kappa shape index (κ1) is 20.4. The van der Waals surface area contributed by atoms with E-state index in [-0.39, 0.29) is 16.1 Å². The summed E-state index contributed by atoms with van der Waals surface area (Å²) in [5, 5.41) is 20.0. The third-order valence-electron chi connectivity index (χ3n) is 3.59. The van der Waals surface area contributed by atoms with Gasteiger partial charge in [0.2, 0.25) is 6.17 Å². The molecule has 2 aromatic rings. The highest BCUT2D eigenvalue weighted by Gasteiger charge is 2.34. The lowest BCUT2D eigenvalue weighted by Crippen LogP contribution is -2.09. The molecule has 0 radical (unpaired) electrons. The molecule has 0 bridgehead atoms. The molecule has 0 fully saturated rings. The molecule has 0 saturated heterocycles. The van der Waals surface area contributed by atoms with Crippen LogP contribution in [0.1, 0.15) is 17.3 Å². The Kier molecular flexibility index (Phi) is 5.59. The van der Waals surface area contributed by atoms with Crippen molar-refractivity contribution in [3.63, 3.8) is 0 Å². The zero-order chi connectivity index (χ0) is 20.5. The first-order chi connectivity index (χ1) is 12.5. The van der Waals surface area contributed by atoms with E-state index < -0.39 is 45.8 Å². The summed E-state index contributed by atoms with van der Waals surface area (Å²) in [5.74, 6) is -2.25. The standard InChI is InChI=1S/C16H10ClF4NO5/c1-27-14-10(5-8(17)6-11(14)13(18)15(23)24)9-3-2-7(16(19,20)21)4-12(9)22(25)26/h2-6,13H,1H3,(H,23,24)/t13-/m1/s1. The normalized spacial score (nSPS) is 12.5. The Hall–Kier alpha value is -2.88. The van der Waals surface area contributed by atoms with Gasteiger partial charge in [0.25, 0.3) is 5.69 Å². The van der Waals surface area contributed by atoms with Gasteiger partial charge in [-0.15, -0.1) is 0 Å². The molecule has 27 heavy (non-hydrogen) atoms. The molecule has 0 amide bonds. The number of benzene rings is 2. The maximum Gasteiger partial charge on any atom is 0.416 e. The summed E-state index contributed by atoms with van der Waals surface area (Å²) in [6, 6.07) is 3.80. The maximum atomic E-state index is 14.0. The molecule has 6 nitrogen and oxygen atoms in total. The molecule has 144 valence electrons. The Morgan fingerprint density at radius 1 is 1.26 bits per heavy atom. The number of carboxylic acid groups (broad SMARTS) is 1. The predicted octanol–water partition coefficient (Wildman–Crippen LogP) is 5.04. The smallest absolute Gasteiger partial charge is 0.416 e. The molecule has 0 aliphatic rings. The van der Waals surface area contributed by atoms with Crippen molar-refractivity contribution in [1.29, 1.82) is 0 Å². The third-order valence-corrected chi connectivity index (χ3v) is 3.81. The van der Waals surface area contributed by atoms with Gasteiger partial charge in [-0.25, -0.2) is 9.18 Å². The number of halogens is 5. The largest absolute Gasteiger partial charge is 0.496 e. The summed E-state index contributed by atoms with van der Waals surface area (Å²) < 4.78 is 57.6. The molecule has 1 N–H and O–H groups in total. The van der Waals surface area contributed by atoms with Crippen LogP contribution in [0.2, 0.25) is 5.02 Å². The molecule has 0 aliphatic heterocycles. The van der Waals surface area contributed by atoms with Gasteiger partial charge < -0.3 is 9.84 Å². The molecule has 0 spiro atoms. The van der Waals surface area contributed by atoms with E-state index in [0.717, 1.165) is 25.3 Å². The summed E-state index contributed by atoms with van der Waals surface area (Å²) in [5.41, 5.74) is -3.27. The molecular formula is C16H10ClF4NO5. The van der Waals surface area contributed by atoms with Crippen molar-refractivity contribution in [2.75, 3.05) is 7.11 Å². The second kappa shape index (κ2) is 7.39. The van der Waals surface area contributed by atoms with E-state index in [1.54, 1.807) is 0 Å². The van der Waals surface area contributed by atoms with Crippen molar-refractivity contribution in [2.45, 2.75) is 12.3 Å². The number of carboxylic acids is 1. The fourth-order valence-corrected chi connectivity index (χ4v) is 2.68. The number of aliphatic carboxylic acids is 1. The lowest BCUT2D eigenvalue weighted by molar-refractivity contribution is -0.384. The second-order valence-corrected chi connectivity index (χ2v) is 5.70. The van der Waals surface area contributed by atoms with Crippen LogP contribution in [-0.2, 0) is 11.0 Å². The van der Waals surface area contributed by atoms with Gasteiger partial charge in [-0.3, -0.25) is 10.1 Å². The molecule has 1 atom stereocenters. The number of nitro benzene ring substituents is 1. The fourth-order valence-electron chi connectivity index (χ4n) is 2.45. The van der Waals surface area contributed by atoms with Gasteiger partial charge >= 0.3 is 12.1 Å². The van der Waals surface area contributed by atoms with Crippen molar-refractivity contribution in [3.05, 3.63) is 56.6 Å². The summed E-state index contributed by atoms with van der Waals surface area (Å²) in [4.78, 5) is 21.2. The van der Waals surface area contributed by atoms with E-state index in [4.69, 9.17) is 21.4 Å². The highest BCUT2D eigenvalue weighted by molar-refractivity contribution is 6.31. The molecule has 0 unspecified atom stereocenters. The summed E-state index contributed by atoms with van der Waals surface area (Å²) in [7, 11) is 1.06. The van der Waals surface area contributed by atoms with Gasteiger partial charge in [0.15, 0.2) is 0 Å². The summed E-state index contributed by atoms with van der Waals surface area (Å²) >= 11 is 5.85. The average Bonchev–Trinajstić information content (AvgIpc) is 2.58. The number of alkyl halides is 4. The number of hydrogen-bond donors (Lipinski definition) is 1. The number of ether oxygens (including phenoxy) is 1. The van der Waals surface area contributed by atoms with Gasteiger partial charge in [-0.05, 0) is 24.3 Å². The van der Waals surface area contributed by atoms with Gasteiger partial charge in [-0.2, -0.15) is 13.2 Å². The summed E-state index contributed by atoms with van der Waals surface area (Å²) in [6.07, 6.45) is -7.38. The zero-order valence-corrected chi connectivity index (χ0v) is 14.1. The molecule has 0 saturated carbocycles. The van der Waals surface area contributed by atoms with E-state index in [1.807, 2.05) is 0 Å². The van der Waals surface area contributed by atoms with Crippen molar-refractivity contribution >= 4 is 23.3 Å². The monoisotopic (exact) mass is 407 g/mol. The van der Waals surface area contributed by atoms with Crippen LogP contribution in [0.25, 0.3) is 11.1 Å². The van der Waals surface area contributed by atoms with E-state index in [9.17, 15) is 32.5 Å². The van der Waals surface area contributed by atoms with Gasteiger partial charge in [-0.1, -0.05) is 11.6 Å². The van der Waals surface area contributed by atoms with Crippen LogP contribution in [-0.4, -0.2) is 23.1 Å². The van der Waals surface area contributed by atoms with Crippen LogP contribution in [0, 0.1) is 10.1 Å². The molecule has 11 heteroatoms. The Bertz CT molecular complexity index is 916. The predicted molar refractivity (Wildman–Crippen MR) is 86.6 cm³/mol. The topological polar surface area (TPSA) is 89.7 Å². The Morgan fingerprint density at radius 3 is 2.37 bits per heavy atom. The Balaban J connectivity index is 2.82. The van der Waals surface area contributed by atoms with Crippen molar-refractivity contribution in [1.82, 2.24) is 0 Å². The van der Waals surface area contributed by atoms with Gasteiger partial charge in [0, 0.05) is 22.2 Å². The van der Waals surface area contributed by atoms with Gasteiger partial charge in [0.1, 0.15) is 5.75 Å². The Labute approximate surface area is 154 Å². The molecular weight excluding hydrogens is 398 g/mol. The number of carbonyl (C=O) groups is 1.